The van der Waals surface area contributed by atoms with Crippen molar-refractivity contribution in [2.75, 3.05) is 0 Å². The average molecular weight is 558 g/mol. The number of fused-ring (bicyclic) bond motifs is 6. The van der Waals surface area contributed by atoms with Crippen LogP contribution in [0.1, 0.15) is 5.56 Å². The molecule has 0 radical (unpaired) electrons. The van der Waals surface area contributed by atoms with E-state index in [0.29, 0.717) is 10.5 Å². The Hall–Kier alpha value is -5.44. The lowest BCUT2D eigenvalue weighted by Gasteiger charge is -2.11. The maximum atomic E-state index is 13.3. The molecule has 0 bridgehead atoms. The zero-order valence-corrected chi connectivity index (χ0v) is 23.3. The van der Waals surface area contributed by atoms with E-state index in [1.807, 2.05) is 30.3 Å². The van der Waals surface area contributed by atoms with Crippen molar-refractivity contribution in [3.8, 4) is 17.4 Å². The molecule has 8 aromatic rings. The van der Waals surface area contributed by atoms with Crippen LogP contribution in [0.15, 0.2) is 149 Å². The van der Waals surface area contributed by atoms with E-state index in [1.165, 1.54) is 27.1 Å². The van der Waals surface area contributed by atoms with Crippen LogP contribution in [0.25, 0.3) is 55.0 Å². The van der Waals surface area contributed by atoms with Crippen LogP contribution in [0.2, 0.25) is 0 Å². The number of benzene rings is 6. The van der Waals surface area contributed by atoms with Crippen molar-refractivity contribution in [1.82, 2.24) is 9.13 Å². The molecule has 0 saturated heterocycles. The van der Waals surface area contributed by atoms with Gasteiger partial charge in [0.25, 0.3) is 0 Å². The summed E-state index contributed by atoms with van der Waals surface area (Å²) in [6, 6.07) is 49.2. The number of nitrogens with zero attached hydrogens (tertiary/aromatic N) is 3. The van der Waals surface area contributed by atoms with Gasteiger partial charge in [-0.3, -0.25) is 0 Å². The fourth-order valence-corrected chi connectivity index (χ4v) is 7.11. The van der Waals surface area contributed by atoms with E-state index in [-0.39, 0.29) is 0 Å². The van der Waals surface area contributed by atoms with Crippen molar-refractivity contribution in [1.29, 1.82) is 5.26 Å². The van der Waals surface area contributed by atoms with Crippen molar-refractivity contribution in [3.05, 3.63) is 145 Å². The Morgan fingerprint density at radius 1 is 0.476 bits per heavy atom. The Morgan fingerprint density at radius 2 is 0.952 bits per heavy atom. The molecule has 0 N–H and O–H groups in total. The summed E-state index contributed by atoms with van der Waals surface area (Å²) in [4.78, 5) is 1.39. The van der Waals surface area contributed by atoms with Gasteiger partial charge in [0.1, 0.15) is 0 Å². The number of nitriles is 1. The molecule has 5 heteroatoms. The van der Waals surface area contributed by atoms with Crippen molar-refractivity contribution in [3.63, 3.8) is 0 Å². The van der Waals surface area contributed by atoms with Gasteiger partial charge in [-0.1, -0.05) is 54.6 Å². The maximum absolute atomic E-state index is 13.3. The number of rotatable bonds is 4. The maximum Gasteiger partial charge on any atom is 0.0991 e. The summed E-state index contributed by atoms with van der Waals surface area (Å²) < 4.78 is 17.9. The highest BCUT2D eigenvalue weighted by atomic mass is 32.2. The molecule has 198 valence electrons. The second-order valence-electron chi connectivity index (χ2n) is 10.3. The molecule has 6 aromatic carbocycles. The Balaban J connectivity index is 1.35. The first-order valence-electron chi connectivity index (χ1n) is 13.8. The molecule has 0 aliphatic rings. The standard InChI is InChI=1S/C37H23N3OS/c38-24-25-14-18-28(19-15-25)42(41)29-20-16-27(17-21-29)40-35-13-7-5-11-31(35)33-22-32-30-10-4-6-12-34(30)39(36(32)23-37(33)40)26-8-2-1-3-9-26/h1-23H. The van der Waals surface area contributed by atoms with Crippen LogP contribution in [0.4, 0.5) is 0 Å². The summed E-state index contributed by atoms with van der Waals surface area (Å²) >= 11 is 0. The molecule has 0 amide bonds. The van der Waals surface area contributed by atoms with Gasteiger partial charge in [0.2, 0.25) is 0 Å². The number of hydrogen-bond acceptors (Lipinski definition) is 2. The number of aromatic nitrogens is 2. The topological polar surface area (TPSA) is 50.7 Å². The van der Waals surface area contributed by atoms with Crippen LogP contribution in [0, 0.1) is 11.3 Å². The van der Waals surface area contributed by atoms with Gasteiger partial charge in [-0.2, -0.15) is 5.26 Å². The van der Waals surface area contributed by atoms with Crippen LogP contribution in [-0.4, -0.2) is 13.3 Å². The van der Waals surface area contributed by atoms with E-state index in [4.69, 9.17) is 5.26 Å². The highest BCUT2D eigenvalue weighted by molar-refractivity contribution is 7.85. The third kappa shape index (κ3) is 3.70. The minimum absolute atomic E-state index is 0.554. The molecule has 1 atom stereocenters. The summed E-state index contributed by atoms with van der Waals surface area (Å²) in [7, 11) is -1.34. The molecule has 1 unspecified atom stereocenters. The molecule has 0 aliphatic carbocycles. The molecule has 4 nitrogen and oxygen atoms in total. The predicted molar refractivity (Wildman–Crippen MR) is 171 cm³/mol. The molecule has 8 rings (SSSR count). The Labute approximate surface area is 244 Å². The Morgan fingerprint density at radius 3 is 1.50 bits per heavy atom. The van der Waals surface area contributed by atoms with Crippen LogP contribution in [0.5, 0.6) is 0 Å². The Bertz CT molecular complexity index is 2360. The molecular formula is C37H23N3OS. The van der Waals surface area contributed by atoms with Crippen LogP contribution < -0.4 is 0 Å². The van der Waals surface area contributed by atoms with Gasteiger partial charge in [-0.25, -0.2) is 4.21 Å². The summed E-state index contributed by atoms with van der Waals surface area (Å²) in [5, 5.41) is 13.9. The first kappa shape index (κ1) is 24.4. The first-order valence-corrected chi connectivity index (χ1v) is 14.9. The zero-order valence-electron chi connectivity index (χ0n) is 22.4. The SMILES string of the molecule is N#Cc1ccc(S(=O)c2ccc(-n3c4ccccc4c4cc5c6ccccc6n(-c6ccccc6)c5cc43)cc2)cc1. The van der Waals surface area contributed by atoms with Gasteiger partial charge in [-0.05, 0) is 84.9 Å². The molecule has 0 saturated carbocycles. The highest BCUT2D eigenvalue weighted by Crippen LogP contribution is 2.39. The fraction of sp³-hybridized carbons (Fsp3) is 0. The molecule has 0 aliphatic heterocycles. The van der Waals surface area contributed by atoms with Gasteiger partial charge < -0.3 is 9.13 Å². The van der Waals surface area contributed by atoms with E-state index < -0.39 is 10.8 Å². The lowest BCUT2D eigenvalue weighted by Crippen LogP contribution is -1.97. The Kier molecular flexibility index (Phi) is 5.56. The van der Waals surface area contributed by atoms with Gasteiger partial charge in [0, 0.05) is 42.7 Å². The largest absolute Gasteiger partial charge is 0.309 e. The zero-order chi connectivity index (χ0) is 28.2. The molecule has 2 heterocycles. The molecule has 42 heavy (non-hydrogen) atoms. The second kappa shape index (κ2) is 9.59. The average Bonchev–Trinajstić information content (AvgIpc) is 3.56. The van der Waals surface area contributed by atoms with E-state index >= 15 is 0 Å². The molecular weight excluding hydrogens is 534 g/mol. The van der Waals surface area contributed by atoms with Gasteiger partial charge in [0.15, 0.2) is 0 Å². The second-order valence-corrected chi connectivity index (χ2v) is 11.8. The summed E-state index contributed by atoms with van der Waals surface area (Å²) in [5.74, 6) is 0. The van der Waals surface area contributed by atoms with Crippen molar-refractivity contribution < 1.29 is 4.21 Å². The van der Waals surface area contributed by atoms with Gasteiger partial charge >= 0.3 is 0 Å². The summed E-state index contributed by atoms with van der Waals surface area (Å²) in [5.41, 5.74) is 7.25. The van der Waals surface area contributed by atoms with Gasteiger partial charge in [-0.15, -0.1) is 0 Å². The van der Waals surface area contributed by atoms with Crippen molar-refractivity contribution in [2.45, 2.75) is 9.79 Å². The lowest BCUT2D eigenvalue weighted by molar-refractivity contribution is 0.683. The monoisotopic (exact) mass is 557 g/mol. The van der Waals surface area contributed by atoms with Crippen LogP contribution in [-0.2, 0) is 10.8 Å². The highest BCUT2D eigenvalue weighted by Gasteiger charge is 2.18. The van der Waals surface area contributed by atoms with Crippen LogP contribution in [0.3, 0.4) is 0 Å². The van der Waals surface area contributed by atoms with E-state index in [2.05, 4.69) is 100 Å². The quantitative estimate of drug-likeness (QED) is 0.217. The molecule has 2 aromatic heterocycles. The normalized spacial score (nSPS) is 12.3. The molecule has 0 fully saturated rings. The minimum Gasteiger partial charge on any atom is -0.309 e. The predicted octanol–water partition coefficient (Wildman–Crippen LogP) is 8.92. The summed E-state index contributed by atoms with van der Waals surface area (Å²) in [6.07, 6.45) is 0. The van der Waals surface area contributed by atoms with Crippen molar-refractivity contribution in [2.24, 2.45) is 0 Å². The molecule has 0 spiro atoms. The number of para-hydroxylation sites is 3. The smallest absolute Gasteiger partial charge is 0.0991 e. The fourth-order valence-electron chi connectivity index (χ4n) is 6.07. The van der Waals surface area contributed by atoms with Crippen LogP contribution >= 0.6 is 0 Å². The van der Waals surface area contributed by atoms with Gasteiger partial charge in [0.05, 0.1) is 44.5 Å². The summed E-state index contributed by atoms with van der Waals surface area (Å²) in [6.45, 7) is 0. The number of hydrogen-bond donors (Lipinski definition) is 0. The van der Waals surface area contributed by atoms with E-state index in [1.54, 1.807) is 24.3 Å². The lowest BCUT2D eigenvalue weighted by atomic mass is 10.1. The van der Waals surface area contributed by atoms with E-state index in [9.17, 15) is 4.21 Å². The van der Waals surface area contributed by atoms with Crippen molar-refractivity contribution >= 4 is 54.4 Å². The third-order valence-corrected chi connectivity index (χ3v) is 9.39. The minimum atomic E-state index is -1.34. The first-order chi connectivity index (χ1) is 20.7. The third-order valence-electron chi connectivity index (χ3n) is 7.99. The van der Waals surface area contributed by atoms with E-state index in [0.717, 1.165) is 32.8 Å².